The van der Waals surface area contributed by atoms with Crippen LogP contribution in [0.1, 0.15) is 0 Å². The maximum Gasteiger partial charge on any atom is 0.313 e. The molecule has 0 aliphatic carbocycles. The lowest BCUT2D eigenvalue weighted by molar-refractivity contribution is -0.133. The van der Waals surface area contributed by atoms with Crippen LogP contribution in [0.15, 0.2) is 22.5 Å². The van der Waals surface area contributed by atoms with Gasteiger partial charge in [-0.25, -0.2) is 4.39 Å². The third kappa shape index (κ3) is 4.05. The molecular formula is C10H7ClFN3O2S2. The Hall–Kier alpha value is -1.38. The molecule has 0 aliphatic heterocycles. The zero-order valence-corrected chi connectivity index (χ0v) is 11.7. The molecule has 1 aromatic heterocycles. The number of aliphatic carboxylic acids is 1. The fraction of sp³-hybridized carbons (Fsp3) is 0.100. The maximum absolute atomic E-state index is 13.1. The summed E-state index contributed by atoms with van der Waals surface area (Å²) in [6.07, 6.45) is 0. The van der Waals surface area contributed by atoms with Gasteiger partial charge in [0.25, 0.3) is 0 Å². The maximum atomic E-state index is 13.1. The molecule has 19 heavy (non-hydrogen) atoms. The van der Waals surface area contributed by atoms with Crippen LogP contribution in [0, 0.1) is 5.82 Å². The summed E-state index contributed by atoms with van der Waals surface area (Å²) in [4.78, 5) is 10.4. The topological polar surface area (TPSA) is 75.1 Å². The molecule has 2 rings (SSSR count). The van der Waals surface area contributed by atoms with Gasteiger partial charge in [-0.1, -0.05) is 34.7 Å². The molecule has 0 atom stereocenters. The number of aromatic nitrogens is 2. The average Bonchev–Trinajstić information content (AvgIpc) is 2.79. The molecular weight excluding hydrogens is 313 g/mol. The molecule has 0 aliphatic rings. The number of hydrogen-bond donors (Lipinski definition) is 2. The molecule has 1 aromatic carbocycles. The number of nitrogens with zero attached hydrogens (tertiary/aromatic N) is 2. The van der Waals surface area contributed by atoms with Crippen molar-refractivity contribution in [2.24, 2.45) is 0 Å². The van der Waals surface area contributed by atoms with Crippen molar-refractivity contribution in [3.05, 3.63) is 29.0 Å². The van der Waals surface area contributed by atoms with E-state index in [0.29, 0.717) is 20.2 Å². The predicted octanol–water partition coefficient (Wildman–Crippen LogP) is 3.25. The Kier molecular flexibility index (Phi) is 4.56. The Morgan fingerprint density at radius 3 is 3.05 bits per heavy atom. The first-order valence-corrected chi connectivity index (χ1v) is 7.13. The summed E-state index contributed by atoms with van der Waals surface area (Å²) < 4.78 is 13.6. The van der Waals surface area contributed by atoms with Gasteiger partial charge in [0.05, 0.1) is 16.5 Å². The van der Waals surface area contributed by atoms with E-state index < -0.39 is 11.8 Å². The molecule has 0 amide bonds. The van der Waals surface area contributed by atoms with Gasteiger partial charge in [0.1, 0.15) is 5.82 Å². The molecule has 0 fully saturated rings. The Bertz CT molecular complexity index is 608. The van der Waals surface area contributed by atoms with E-state index >= 15 is 0 Å². The third-order valence-corrected chi connectivity index (χ3v) is 4.18. The summed E-state index contributed by atoms with van der Waals surface area (Å²) in [6, 6.07) is 3.93. The molecule has 9 heteroatoms. The molecule has 5 nitrogen and oxygen atoms in total. The summed E-state index contributed by atoms with van der Waals surface area (Å²) in [6.45, 7) is 0. The van der Waals surface area contributed by atoms with Crippen molar-refractivity contribution in [3.63, 3.8) is 0 Å². The first-order chi connectivity index (χ1) is 9.04. The van der Waals surface area contributed by atoms with Crippen LogP contribution in [0.4, 0.5) is 15.2 Å². The van der Waals surface area contributed by atoms with Crippen molar-refractivity contribution in [2.45, 2.75) is 4.34 Å². The molecule has 2 N–H and O–H groups in total. The van der Waals surface area contributed by atoms with Crippen LogP contribution < -0.4 is 5.32 Å². The molecule has 0 saturated heterocycles. The number of carboxylic acids is 1. The number of carboxylic acid groups (broad SMARTS) is 1. The molecule has 100 valence electrons. The predicted molar refractivity (Wildman–Crippen MR) is 73.0 cm³/mol. The Balaban J connectivity index is 2.07. The molecule has 0 spiro atoms. The highest BCUT2D eigenvalue weighted by Gasteiger charge is 2.09. The standard InChI is InChI=1S/C10H7ClFN3O2S2/c11-6-2-1-5(12)3-7(6)13-9-14-15-10(19-9)18-4-8(16)17/h1-3H,4H2,(H,13,14)(H,16,17). The normalized spacial score (nSPS) is 10.4. The van der Waals surface area contributed by atoms with E-state index in [-0.39, 0.29) is 5.75 Å². The van der Waals surface area contributed by atoms with Gasteiger partial charge < -0.3 is 10.4 Å². The summed E-state index contributed by atoms with van der Waals surface area (Å²) in [5.74, 6) is -1.44. The van der Waals surface area contributed by atoms with Gasteiger partial charge in [0.15, 0.2) is 4.34 Å². The highest BCUT2D eigenvalue weighted by Crippen LogP contribution is 2.30. The molecule has 1 heterocycles. The van der Waals surface area contributed by atoms with E-state index in [1.807, 2.05) is 0 Å². The van der Waals surface area contributed by atoms with E-state index in [0.717, 1.165) is 11.8 Å². The largest absolute Gasteiger partial charge is 0.481 e. The minimum atomic E-state index is -0.928. The Morgan fingerprint density at radius 2 is 2.32 bits per heavy atom. The van der Waals surface area contributed by atoms with E-state index in [1.165, 1.54) is 29.5 Å². The summed E-state index contributed by atoms with van der Waals surface area (Å²) in [5, 5.41) is 19.8. The second-order valence-corrected chi connectivity index (χ2v) is 5.91. The summed E-state index contributed by atoms with van der Waals surface area (Å²) in [5.41, 5.74) is 0.382. The number of anilines is 2. The van der Waals surface area contributed by atoms with Crippen molar-refractivity contribution in [1.82, 2.24) is 10.2 Å². The summed E-state index contributed by atoms with van der Waals surface area (Å²) in [7, 11) is 0. The second kappa shape index (κ2) is 6.18. The number of thioether (sulfide) groups is 1. The van der Waals surface area contributed by atoms with E-state index in [1.54, 1.807) is 0 Å². The molecule has 0 radical (unpaired) electrons. The van der Waals surface area contributed by atoms with Crippen LogP contribution in [-0.4, -0.2) is 27.0 Å². The van der Waals surface area contributed by atoms with E-state index in [4.69, 9.17) is 16.7 Å². The molecule has 2 aromatic rings. The first-order valence-electron chi connectivity index (χ1n) is 4.95. The van der Waals surface area contributed by atoms with Crippen molar-refractivity contribution >= 4 is 51.5 Å². The zero-order valence-electron chi connectivity index (χ0n) is 9.26. The third-order valence-electron chi connectivity index (χ3n) is 1.90. The van der Waals surface area contributed by atoms with Gasteiger partial charge in [-0.15, -0.1) is 10.2 Å². The van der Waals surface area contributed by atoms with Crippen LogP contribution in [0.5, 0.6) is 0 Å². The smallest absolute Gasteiger partial charge is 0.313 e. The first kappa shape index (κ1) is 14.0. The monoisotopic (exact) mass is 319 g/mol. The SMILES string of the molecule is O=C(O)CSc1nnc(Nc2cc(F)ccc2Cl)s1. The van der Waals surface area contributed by atoms with Crippen LogP contribution in [-0.2, 0) is 4.79 Å². The van der Waals surface area contributed by atoms with Gasteiger partial charge in [0, 0.05) is 0 Å². The zero-order chi connectivity index (χ0) is 13.8. The van der Waals surface area contributed by atoms with Crippen LogP contribution >= 0.6 is 34.7 Å². The molecule has 0 saturated carbocycles. The fourth-order valence-electron chi connectivity index (χ4n) is 1.15. The minimum absolute atomic E-state index is 0.0879. The van der Waals surface area contributed by atoms with Crippen molar-refractivity contribution in [3.8, 4) is 0 Å². The summed E-state index contributed by atoms with van der Waals surface area (Å²) >= 11 is 8.14. The number of rotatable bonds is 5. The van der Waals surface area contributed by atoms with Crippen LogP contribution in [0.25, 0.3) is 0 Å². The van der Waals surface area contributed by atoms with Gasteiger partial charge in [0.2, 0.25) is 5.13 Å². The fourth-order valence-corrected chi connectivity index (χ4v) is 2.80. The highest BCUT2D eigenvalue weighted by atomic mass is 35.5. The molecule has 0 unspecified atom stereocenters. The van der Waals surface area contributed by atoms with Gasteiger partial charge >= 0.3 is 5.97 Å². The van der Waals surface area contributed by atoms with Crippen LogP contribution in [0.2, 0.25) is 5.02 Å². The lowest BCUT2D eigenvalue weighted by Gasteiger charge is -2.03. The van der Waals surface area contributed by atoms with Crippen molar-refractivity contribution < 1.29 is 14.3 Å². The molecule has 0 bridgehead atoms. The Labute approximate surface area is 120 Å². The minimum Gasteiger partial charge on any atom is -0.481 e. The van der Waals surface area contributed by atoms with Crippen molar-refractivity contribution in [1.29, 1.82) is 0 Å². The van der Waals surface area contributed by atoms with Gasteiger partial charge in [-0.05, 0) is 18.2 Å². The average molecular weight is 320 g/mol. The van der Waals surface area contributed by atoms with E-state index in [9.17, 15) is 9.18 Å². The van der Waals surface area contributed by atoms with E-state index in [2.05, 4.69) is 15.5 Å². The number of nitrogens with one attached hydrogen (secondary N) is 1. The van der Waals surface area contributed by atoms with Crippen LogP contribution in [0.3, 0.4) is 0 Å². The number of hydrogen-bond acceptors (Lipinski definition) is 6. The Morgan fingerprint density at radius 1 is 1.53 bits per heavy atom. The number of benzene rings is 1. The van der Waals surface area contributed by atoms with Crippen molar-refractivity contribution in [2.75, 3.05) is 11.1 Å². The van der Waals surface area contributed by atoms with Gasteiger partial charge in [-0.3, -0.25) is 4.79 Å². The highest BCUT2D eigenvalue weighted by molar-refractivity contribution is 8.01. The number of carbonyl (C=O) groups is 1. The number of halogens is 2. The lowest BCUT2D eigenvalue weighted by Crippen LogP contribution is -1.96. The quantitative estimate of drug-likeness (QED) is 0.824. The van der Waals surface area contributed by atoms with Gasteiger partial charge in [-0.2, -0.15) is 0 Å². The lowest BCUT2D eigenvalue weighted by atomic mass is 10.3. The second-order valence-electron chi connectivity index (χ2n) is 3.30.